The molecule has 0 bridgehead atoms. The Labute approximate surface area is 128 Å². The van der Waals surface area contributed by atoms with Gasteiger partial charge in [-0.25, -0.2) is 0 Å². The number of carbonyl (C=O) groups is 1. The number of esters is 1. The van der Waals surface area contributed by atoms with Crippen molar-refractivity contribution < 1.29 is 22.7 Å². The molecule has 0 unspecified atom stereocenters. The zero-order chi connectivity index (χ0) is 16.5. The van der Waals surface area contributed by atoms with Gasteiger partial charge >= 0.3 is 16.2 Å². The molecule has 0 amide bonds. The third-order valence-electron chi connectivity index (χ3n) is 3.07. The van der Waals surface area contributed by atoms with E-state index < -0.39 is 21.6 Å². The van der Waals surface area contributed by atoms with Crippen molar-refractivity contribution >= 4 is 27.7 Å². The zero-order valence-electron chi connectivity index (χ0n) is 12.4. The molecular formula is C13H17N3O5S. The number of nitrogens with one attached hydrogen (secondary N) is 1. The van der Waals surface area contributed by atoms with Crippen LogP contribution in [-0.4, -0.2) is 33.9 Å². The fourth-order valence-electron chi connectivity index (χ4n) is 1.93. The van der Waals surface area contributed by atoms with Gasteiger partial charge in [0.05, 0.1) is 23.8 Å². The number of nitrogens with zero attached hydrogens (tertiary/aromatic N) is 1. The van der Waals surface area contributed by atoms with E-state index >= 15 is 0 Å². The van der Waals surface area contributed by atoms with Crippen LogP contribution in [0, 0.1) is 5.41 Å². The van der Waals surface area contributed by atoms with E-state index in [4.69, 9.17) is 15.2 Å². The molecule has 22 heavy (non-hydrogen) atoms. The number of amidine groups is 1. The van der Waals surface area contributed by atoms with E-state index in [1.165, 1.54) is 7.11 Å². The Morgan fingerprint density at radius 3 is 2.73 bits per heavy atom. The molecule has 0 radical (unpaired) electrons. The summed E-state index contributed by atoms with van der Waals surface area (Å²) in [5, 5.41) is 0. The van der Waals surface area contributed by atoms with Gasteiger partial charge in [-0.2, -0.15) is 8.42 Å². The molecule has 0 atom stereocenters. The fraction of sp³-hybridized carbons (Fsp3) is 0.385. The standard InChI is InChI=1S/C13H17N3O5S/c1-13(2,12(17)20-3)7-21-9-6-4-5-8-10(9)11(14)16-22(18,19)15-8/h4-6,15H,7H2,1-3H3,(H2,14,16). The van der Waals surface area contributed by atoms with Gasteiger partial charge in [-0.15, -0.1) is 4.40 Å². The maximum Gasteiger partial charge on any atom is 0.344 e. The lowest BCUT2D eigenvalue weighted by atomic mass is 9.95. The Kier molecular flexibility index (Phi) is 4.01. The quantitative estimate of drug-likeness (QED) is 0.783. The number of rotatable bonds is 4. The SMILES string of the molecule is COC(=O)C(C)(C)COc1cccc2c1C(N)=NS(=O)(=O)N2. The largest absolute Gasteiger partial charge is 0.492 e. The summed E-state index contributed by atoms with van der Waals surface area (Å²) in [6, 6.07) is 4.78. The number of carbonyl (C=O) groups excluding carboxylic acids is 1. The molecule has 1 heterocycles. The van der Waals surface area contributed by atoms with Crippen LogP contribution in [0.3, 0.4) is 0 Å². The van der Waals surface area contributed by atoms with E-state index in [1.54, 1.807) is 32.0 Å². The smallest absolute Gasteiger partial charge is 0.344 e. The Morgan fingerprint density at radius 2 is 2.09 bits per heavy atom. The topological polar surface area (TPSA) is 120 Å². The number of methoxy groups -OCH3 is 1. The normalized spacial score (nSPS) is 16.0. The number of hydrogen-bond donors (Lipinski definition) is 2. The highest BCUT2D eigenvalue weighted by molar-refractivity contribution is 7.91. The number of anilines is 1. The number of hydrogen-bond acceptors (Lipinski definition) is 6. The minimum Gasteiger partial charge on any atom is -0.492 e. The van der Waals surface area contributed by atoms with Gasteiger partial charge in [0.15, 0.2) is 5.84 Å². The van der Waals surface area contributed by atoms with Gasteiger partial charge in [0.25, 0.3) is 0 Å². The molecule has 0 saturated heterocycles. The summed E-state index contributed by atoms with van der Waals surface area (Å²) >= 11 is 0. The van der Waals surface area contributed by atoms with Gasteiger partial charge in [0, 0.05) is 0 Å². The Hall–Kier alpha value is -2.29. The van der Waals surface area contributed by atoms with Crippen LogP contribution in [0.25, 0.3) is 0 Å². The van der Waals surface area contributed by atoms with E-state index in [2.05, 4.69) is 9.12 Å². The van der Waals surface area contributed by atoms with Gasteiger partial charge in [-0.05, 0) is 26.0 Å². The van der Waals surface area contributed by atoms with Crippen LogP contribution in [0.5, 0.6) is 5.75 Å². The second-order valence-electron chi connectivity index (χ2n) is 5.40. The molecule has 8 nitrogen and oxygen atoms in total. The van der Waals surface area contributed by atoms with E-state index in [9.17, 15) is 13.2 Å². The summed E-state index contributed by atoms with van der Waals surface area (Å²) in [5.74, 6) is -0.252. The van der Waals surface area contributed by atoms with Gasteiger partial charge < -0.3 is 15.2 Å². The average molecular weight is 327 g/mol. The monoisotopic (exact) mass is 327 g/mol. The fourth-order valence-corrected chi connectivity index (χ4v) is 2.77. The van der Waals surface area contributed by atoms with Crippen LogP contribution in [0.2, 0.25) is 0 Å². The second-order valence-corrected chi connectivity index (χ2v) is 6.73. The van der Waals surface area contributed by atoms with Crippen molar-refractivity contribution in [2.24, 2.45) is 15.5 Å². The molecule has 0 fully saturated rings. The molecule has 1 aliphatic rings. The van der Waals surface area contributed by atoms with Crippen LogP contribution < -0.4 is 15.2 Å². The highest BCUT2D eigenvalue weighted by atomic mass is 32.2. The Balaban J connectivity index is 2.31. The zero-order valence-corrected chi connectivity index (χ0v) is 13.2. The van der Waals surface area contributed by atoms with E-state index in [1.807, 2.05) is 0 Å². The van der Waals surface area contributed by atoms with Crippen molar-refractivity contribution in [3.05, 3.63) is 23.8 Å². The number of nitrogens with two attached hydrogens (primary N) is 1. The van der Waals surface area contributed by atoms with Gasteiger partial charge in [0.1, 0.15) is 12.4 Å². The molecule has 1 aromatic carbocycles. The first-order chi connectivity index (χ1) is 10.2. The molecule has 0 aromatic heterocycles. The van der Waals surface area contributed by atoms with Crippen LogP contribution in [0.1, 0.15) is 19.4 Å². The van der Waals surface area contributed by atoms with Crippen molar-refractivity contribution in [3.8, 4) is 5.75 Å². The van der Waals surface area contributed by atoms with Crippen molar-refractivity contribution in [1.82, 2.24) is 0 Å². The minimum atomic E-state index is -3.84. The first-order valence-electron chi connectivity index (χ1n) is 6.39. The highest BCUT2D eigenvalue weighted by Crippen LogP contribution is 2.31. The second kappa shape index (κ2) is 5.48. The summed E-state index contributed by atoms with van der Waals surface area (Å²) in [6.07, 6.45) is 0. The molecular weight excluding hydrogens is 310 g/mol. The van der Waals surface area contributed by atoms with Crippen LogP contribution in [0.4, 0.5) is 5.69 Å². The molecule has 2 rings (SSSR count). The van der Waals surface area contributed by atoms with E-state index in [0.717, 1.165) is 0 Å². The molecule has 1 aromatic rings. The average Bonchev–Trinajstić information content (AvgIpc) is 2.42. The molecule has 0 aliphatic carbocycles. The predicted molar refractivity (Wildman–Crippen MR) is 81.0 cm³/mol. The number of benzene rings is 1. The summed E-state index contributed by atoms with van der Waals surface area (Å²) in [7, 11) is -2.54. The Morgan fingerprint density at radius 1 is 1.41 bits per heavy atom. The lowest BCUT2D eigenvalue weighted by molar-refractivity contribution is -0.152. The molecule has 9 heteroatoms. The van der Waals surface area contributed by atoms with Gasteiger partial charge in [-0.1, -0.05) is 6.07 Å². The maximum atomic E-state index is 11.7. The van der Waals surface area contributed by atoms with Crippen LogP contribution in [-0.2, 0) is 19.7 Å². The molecule has 3 N–H and O–H groups in total. The van der Waals surface area contributed by atoms with Gasteiger partial charge in [-0.3, -0.25) is 9.52 Å². The summed E-state index contributed by atoms with van der Waals surface area (Å²) in [4.78, 5) is 11.7. The van der Waals surface area contributed by atoms with Crippen molar-refractivity contribution in [2.45, 2.75) is 13.8 Å². The van der Waals surface area contributed by atoms with Crippen molar-refractivity contribution in [2.75, 3.05) is 18.4 Å². The van der Waals surface area contributed by atoms with Crippen molar-refractivity contribution in [1.29, 1.82) is 0 Å². The van der Waals surface area contributed by atoms with Crippen LogP contribution >= 0.6 is 0 Å². The Bertz CT molecular complexity index is 740. The summed E-state index contributed by atoms with van der Waals surface area (Å²) in [5.41, 5.74) is 5.47. The minimum absolute atomic E-state index is 0.0379. The van der Waals surface area contributed by atoms with Gasteiger partial charge in [0.2, 0.25) is 0 Å². The summed E-state index contributed by atoms with van der Waals surface area (Å²) < 4.78 is 39.0. The molecule has 120 valence electrons. The number of fused-ring (bicyclic) bond motifs is 1. The summed E-state index contributed by atoms with van der Waals surface area (Å²) in [6.45, 7) is 3.39. The first-order valence-corrected chi connectivity index (χ1v) is 7.83. The number of ether oxygens (including phenoxy) is 2. The molecule has 1 aliphatic heterocycles. The molecule has 0 saturated carbocycles. The highest BCUT2D eigenvalue weighted by Gasteiger charge is 2.31. The molecule has 0 spiro atoms. The first kappa shape index (κ1) is 16.1. The lowest BCUT2D eigenvalue weighted by Crippen LogP contribution is -2.33. The van der Waals surface area contributed by atoms with Crippen molar-refractivity contribution in [3.63, 3.8) is 0 Å². The lowest BCUT2D eigenvalue weighted by Gasteiger charge is -2.24. The third kappa shape index (κ3) is 3.14. The third-order valence-corrected chi connectivity index (χ3v) is 3.98. The van der Waals surface area contributed by atoms with E-state index in [0.29, 0.717) is 11.3 Å². The van der Waals surface area contributed by atoms with E-state index in [-0.39, 0.29) is 18.1 Å². The maximum absolute atomic E-state index is 11.7. The predicted octanol–water partition coefficient (Wildman–Crippen LogP) is 0.640. The van der Waals surface area contributed by atoms with Crippen LogP contribution in [0.15, 0.2) is 22.6 Å².